The van der Waals surface area contributed by atoms with E-state index in [4.69, 9.17) is 9.84 Å². The molecule has 0 spiro atoms. The number of carbonyl (C=O) groups is 2. The van der Waals surface area contributed by atoms with Gasteiger partial charge >= 0.3 is 12.1 Å². The minimum atomic E-state index is -1.07. The van der Waals surface area contributed by atoms with Crippen LogP contribution in [0, 0.1) is 11.2 Å². The zero-order valence-electron chi connectivity index (χ0n) is 13.4. The first-order valence-electron chi connectivity index (χ1n) is 7.33. The van der Waals surface area contributed by atoms with Crippen molar-refractivity contribution in [1.29, 1.82) is 0 Å². The number of amides is 1. The summed E-state index contributed by atoms with van der Waals surface area (Å²) < 4.78 is 18.6. The van der Waals surface area contributed by atoms with Gasteiger partial charge in [0.15, 0.2) is 0 Å². The molecule has 0 saturated heterocycles. The Bertz CT molecular complexity index is 631. The van der Waals surface area contributed by atoms with Gasteiger partial charge in [-0.25, -0.2) is 9.18 Å². The molecule has 0 fully saturated rings. The number of carboxylic acid groups (broad SMARTS) is 1. The molecule has 1 aromatic rings. The first-order chi connectivity index (χ1) is 10.7. The van der Waals surface area contributed by atoms with E-state index < -0.39 is 23.6 Å². The second-order valence-electron chi connectivity index (χ2n) is 6.50. The molecule has 1 N–H and O–H groups in total. The Morgan fingerprint density at radius 3 is 2.39 bits per heavy atom. The number of esters is 1. The molecule has 124 valence electrons. The van der Waals surface area contributed by atoms with Crippen molar-refractivity contribution in [1.82, 2.24) is 4.90 Å². The molecular weight excluding hydrogens is 301 g/mol. The number of nitrogens with zero attached hydrogens (tertiary/aromatic N) is 1. The molecule has 1 aromatic carbocycles. The van der Waals surface area contributed by atoms with E-state index in [1.165, 1.54) is 17.0 Å². The second-order valence-corrected chi connectivity index (χ2v) is 6.50. The van der Waals surface area contributed by atoms with Gasteiger partial charge in [0, 0.05) is 6.54 Å². The van der Waals surface area contributed by atoms with E-state index in [2.05, 4.69) is 0 Å². The second kappa shape index (κ2) is 6.40. The van der Waals surface area contributed by atoms with Crippen molar-refractivity contribution >= 4 is 17.6 Å². The highest BCUT2D eigenvalue weighted by Gasteiger charge is 2.32. The van der Waals surface area contributed by atoms with Gasteiger partial charge in [0.2, 0.25) is 0 Å². The third-order valence-electron chi connectivity index (χ3n) is 3.57. The summed E-state index contributed by atoms with van der Waals surface area (Å²) in [5, 5.41) is 9.15. The maximum Gasteiger partial charge on any atom is 0.407 e. The van der Waals surface area contributed by atoms with Crippen LogP contribution in [0.15, 0.2) is 30.3 Å². The molecule has 0 saturated carbocycles. The van der Waals surface area contributed by atoms with Crippen molar-refractivity contribution in [2.45, 2.75) is 26.9 Å². The predicted molar refractivity (Wildman–Crippen MR) is 83.3 cm³/mol. The predicted octanol–water partition coefficient (Wildman–Crippen LogP) is 3.16. The van der Waals surface area contributed by atoms with Gasteiger partial charge < -0.3 is 14.7 Å². The smallest absolute Gasteiger partial charge is 0.407 e. The van der Waals surface area contributed by atoms with Gasteiger partial charge in [0.1, 0.15) is 11.9 Å². The highest BCUT2D eigenvalue weighted by Crippen LogP contribution is 2.28. The van der Waals surface area contributed by atoms with E-state index in [0.717, 1.165) is 0 Å². The Hall–Kier alpha value is -2.37. The summed E-state index contributed by atoms with van der Waals surface area (Å²) in [5.41, 5.74) is 0.711. The molecule has 2 rings (SSSR count). The molecule has 1 aliphatic rings. The summed E-state index contributed by atoms with van der Waals surface area (Å²) in [6, 6.07) is 5.83. The van der Waals surface area contributed by atoms with E-state index >= 15 is 0 Å². The Morgan fingerprint density at radius 1 is 1.26 bits per heavy atom. The Balaban J connectivity index is 2.30. The summed E-state index contributed by atoms with van der Waals surface area (Å²) in [7, 11) is 0. The van der Waals surface area contributed by atoms with E-state index in [-0.39, 0.29) is 18.9 Å². The summed E-state index contributed by atoms with van der Waals surface area (Å²) in [4.78, 5) is 24.5. The SMILES string of the molecule is CC(C)(C)C(=O)OC1CN(C(=O)O)CC=C1c1ccc(F)cc1. The molecule has 1 atom stereocenters. The first-order valence-corrected chi connectivity index (χ1v) is 7.33. The first kappa shape index (κ1) is 17.0. The molecule has 1 unspecified atom stereocenters. The van der Waals surface area contributed by atoms with Crippen LogP contribution in [-0.4, -0.2) is 41.3 Å². The molecular formula is C17H20FNO4. The number of ether oxygens (including phenoxy) is 1. The largest absolute Gasteiger partial charge is 0.465 e. The van der Waals surface area contributed by atoms with Crippen LogP contribution < -0.4 is 0 Å². The van der Waals surface area contributed by atoms with Gasteiger partial charge in [-0.1, -0.05) is 18.2 Å². The van der Waals surface area contributed by atoms with Crippen molar-refractivity contribution in [3.63, 3.8) is 0 Å². The summed E-state index contributed by atoms with van der Waals surface area (Å²) in [6.07, 6.45) is -0.0842. The van der Waals surface area contributed by atoms with Crippen LogP contribution in [0.3, 0.4) is 0 Å². The van der Waals surface area contributed by atoms with E-state index in [0.29, 0.717) is 11.1 Å². The fraction of sp³-hybridized carbons (Fsp3) is 0.412. The Kier molecular flexibility index (Phi) is 4.73. The Labute approximate surface area is 134 Å². The van der Waals surface area contributed by atoms with E-state index in [1.54, 1.807) is 39.0 Å². The van der Waals surface area contributed by atoms with Crippen molar-refractivity contribution in [2.24, 2.45) is 5.41 Å². The molecule has 1 aliphatic heterocycles. The fourth-order valence-electron chi connectivity index (χ4n) is 2.22. The number of hydrogen-bond donors (Lipinski definition) is 1. The third kappa shape index (κ3) is 4.09. The quantitative estimate of drug-likeness (QED) is 0.850. The van der Waals surface area contributed by atoms with Gasteiger partial charge in [-0.2, -0.15) is 0 Å². The molecule has 0 radical (unpaired) electrons. The number of benzene rings is 1. The molecule has 23 heavy (non-hydrogen) atoms. The minimum absolute atomic E-state index is 0.0559. The molecule has 1 amide bonds. The standard InChI is InChI=1S/C17H20FNO4/c1-17(2,3)15(20)23-14-10-19(16(21)22)9-8-13(14)11-4-6-12(18)7-5-11/h4-8,14H,9-10H2,1-3H3,(H,21,22). The van der Waals surface area contributed by atoms with Gasteiger partial charge in [-0.15, -0.1) is 0 Å². The van der Waals surface area contributed by atoms with Crippen LogP contribution in [0.2, 0.25) is 0 Å². The van der Waals surface area contributed by atoms with Crippen molar-refractivity contribution in [3.05, 3.63) is 41.7 Å². The molecule has 1 heterocycles. The monoisotopic (exact) mass is 321 g/mol. The van der Waals surface area contributed by atoms with Crippen LogP contribution in [0.25, 0.3) is 5.57 Å². The number of carbonyl (C=O) groups excluding carboxylic acids is 1. The zero-order valence-corrected chi connectivity index (χ0v) is 13.4. The molecule has 5 nitrogen and oxygen atoms in total. The van der Waals surface area contributed by atoms with Gasteiger partial charge in [0.05, 0.1) is 12.0 Å². The van der Waals surface area contributed by atoms with Crippen molar-refractivity contribution in [3.8, 4) is 0 Å². The lowest BCUT2D eigenvalue weighted by molar-refractivity contribution is -0.156. The van der Waals surface area contributed by atoms with Crippen LogP contribution >= 0.6 is 0 Å². The van der Waals surface area contributed by atoms with Crippen LogP contribution in [0.1, 0.15) is 26.3 Å². The lowest BCUT2D eigenvalue weighted by atomic mass is 9.94. The van der Waals surface area contributed by atoms with Gasteiger partial charge in [-0.05, 0) is 44.0 Å². The van der Waals surface area contributed by atoms with Crippen molar-refractivity contribution < 1.29 is 23.8 Å². The van der Waals surface area contributed by atoms with E-state index in [9.17, 15) is 14.0 Å². The third-order valence-corrected chi connectivity index (χ3v) is 3.57. The molecule has 0 bridgehead atoms. The minimum Gasteiger partial charge on any atom is -0.465 e. The molecule has 6 heteroatoms. The average molecular weight is 321 g/mol. The molecule has 0 aliphatic carbocycles. The van der Waals surface area contributed by atoms with Crippen LogP contribution in [0.4, 0.5) is 9.18 Å². The zero-order chi connectivity index (χ0) is 17.2. The lowest BCUT2D eigenvalue weighted by Gasteiger charge is -2.32. The summed E-state index contributed by atoms with van der Waals surface area (Å²) in [6.45, 7) is 5.45. The van der Waals surface area contributed by atoms with Crippen molar-refractivity contribution in [2.75, 3.05) is 13.1 Å². The Morgan fingerprint density at radius 2 is 1.87 bits per heavy atom. The maximum atomic E-state index is 13.1. The maximum absolute atomic E-state index is 13.1. The van der Waals surface area contributed by atoms with Gasteiger partial charge in [-0.3, -0.25) is 4.79 Å². The summed E-state index contributed by atoms with van der Waals surface area (Å²) in [5.74, 6) is -0.775. The number of hydrogen-bond acceptors (Lipinski definition) is 3. The highest BCUT2D eigenvalue weighted by molar-refractivity contribution is 5.80. The number of rotatable bonds is 2. The van der Waals surface area contributed by atoms with Crippen LogP contribution in [0.5, 0.6) is 0 Å². The normalized spacial score (nSPS) is 18.3. The topological polar surface area (TPSA) is 66.8 Å². The molecule has 0 aromatic heterocycles. The van der Waals surface area contributed by atoms with Gasteiger partial charge in [0.25, 0.3) is 0 Å². The van der Waals surface area contributed by atoms with Crippen LogP contribution in [-0.2, 0) is 9.53 Å². The lowest BCUT2D eigenvalue weighted by Crippen LogP contribution is -2.43. The fourth-order valence-corrected chi connectivity index (χ4v) is 2.22. The number of halogens is 1. The summed E-state index contributed by atoms with van der Waals surface area (Å²) >= 11 is 0. The average Bonchev–Trinajstić information content (AvgIpc) is 2.47. The highest BCUT2D eigenvalue weighted by atomic mass is 19.1. The van der Waals surface area contributed by atoms with E-state index in [1.807, 2.05) is 0 Å².